The fraction of sp³-hybridized carbons (Fsp3) is 0.733. The summed E-state index contributed by atoms with van der Waals surface area (Å²) in [6.07, 6.45) is -13.2. The largest absolute Gasteiger partial charge is 0.483 e. The molecule has 0 aliphatic carbocycles. The number of hydrogen-bond donors (Lipinski definition) is 10. The van der Waals surface area contributed by atoms with Gasteiger partial charge in [0.2, 0.25) is 11.9 Å². The molecule has 344 valence electrons. The number of aromatic amines is 1. The van der Waals surface area contributed by atoms with E-state index >= 15 is 0 Å². The zero-order valence-corrected chi connectivity index (χ0v) is 34.2. The number of anilines is 1. The Kier molecular flexibility index (Phi) is 17.8. The Labute approximate surface area is 344 Å². The van der Waals surface area contributed by atoms with Crippen LogP contribution in [0.3, 0.4) is 0 Å². The number of aromatic nitrogens is 7. The van der Waals surface area contributed by atoms with Gasteiger partial charge in [-0.2, -0.15) is 9.29 Å². The van der Waals surface area contributed by atoms with E-state index < -0.39 is 95.5 Å². The fourth-order valence-electron chi connectivity index (χ4n) is 5.75. The number of imidazole rings is 1. The summed E-state index contributed by atoms with van der Waals surface area (Å²) in [5.41, 5.74) is 4.95. The molecule has 5 rings (SSSR count). The topological polar surface area (TPSA) is 408 Å². The number of amides is 1. The summed E-state index contributed by atoms with van der Waals surface area (Å²) < 4.78 is 73.8. The summed E-state index contributed by atoms with van der Waals surface area (Å²) in [5.74, 6) is -0.976. The van der Waals surface area contributed by atoms with Gasteiger partial charge in [-0.25, -0.2) is 18.8 Å². The molecule has 11 N–H and O–H groups in total. The van der Waals surface area contributed by atoms with Gasteiger partial charge in [0, 0.05) is 13.2 Å². The number of phosphoric acid groups is 2. The molecule has 31 heteroatoms. The van der Waals surface area contributed by atoms with E-state index in [1.807, 2.05) is 6.92 Å². The molecule has 2 aliphatic rings. The van der Waals surface area contributed by atoms with Crippen molar-refractivity contribution in [2.75, 3.05) is 65.1 Å². The predicted molar refractivity (Wildman–Crippen MR) is 198 cm³/mol. The molecule has 5 heterocycles. The first-order valence-electron chi connectivity index (χ1n) is 18.6. The van der Waals surface area contributed by atoms with Crippen LogP contribution in [0.2, 0.25) is 0 Å². The molecule has 2 aliphatic heterocycles. The van der Waals surface area contributed by atoms with Crippen LogP contribution >= 0.6 is 15.6 Å². The zero-order chi connectivity index (χ0) is 44.3. The smallest absolute Gasteiger partial charge is 0.388 e. The van der Waals surface area contributed by atoms with Gasteiger partial charge in [-0.15, -0.1) is 5.10 Å². The summed E-state index contributed by atoms with van der Waals surface area (Å²) in [4.78, 5) is 55.2. The number of carbonyl (C=O) groups is 1. The highest BCUT2D eigenvalue weighted by Crippen LogP contribution is 2.61. The Hall–Kier alpha value is -3.42. The van der Waals surface area contributed by atoms with E-state index in [9.17, 15) is 54.0 Å². The number of nitrogens with zero attached hydrogens (tertiary/aromatic N) is 6. The van der Waals surface area contributed by atoms with Crippen molar-refractivity contribution in [1.29, 1.82) is 0 Å². The molecule has 2 fully saturated rings. The highest BCUT2D eigenvalue weighted by atomic mass is 31.3. The van der Waals surface area contributed by atoms with Crippen LogP contribution in [-0.2, 0) is 68.9 Å². The standard InChI is InChI=1S/C30H49N9O20P2/c1-2-3-51-4-5-52-6-7-53-8-9-54-13-16-11-38(37-36-16)12-19(40)32-10-17-21(41)23(43)25(45)29(57-17)58-61(49,50)59-60(47,48)55-14-18-22(42)24(44)28(56-18)39-15-33-20-26(39)34-30(31)35-27(20)46/h11,15,17-18,21-25,28-29,41-45H,2-10,12-14H2,1H3,(H,32,40)(H,47,48)(H,49,50)(H3,31,34,35,46)/t17?,18-,21-,22?,23?,24?,25?,28-,29-/m1/s1. The van der Waals surface area contributed by atoms with Crippen molar-refractivity contribution >= 4 is 38.7 Å². The van der Waals surface area contributed by atoms with Gasteiger partial charge in [0.05, 0.1) is 65.4 Å². The average molecular weight is 918 g/mol. The molecule has 61 heavy (non-hydrogen) atoms. The first-order valence-corrected chi connectivity index (χ1v) is 21.6. The van der Waals surface area contributed by atoms with Gasteiger partial charge in [0.1, 0.15) is 55.0 Å². The third kappa shape index (κ3) is 13.8. The van der Waals surface area contributed by atoms with Gasteiger partial charge in [-0.3, -0.25) is 28.2 Å². The third-order valence-corrected chi connectivity index (χ3v) is 11.3. The minimum atomic E-state index is -5.74. The van der Waals surface area contributed by atoms with Crippen molar-refractivity contribution in [3.05, 3.63) is 28.6 Å². The van der Waals surface area contributed by atoms with Gasteiger partial charge < -0.3 is 74.8 Å². The Balaban J connectivity index is 1.03. The molecule has 0 spiro atoms. The molecular formula is C30H49N9O20P2. The molecule has 29 nitrogen and oxygen atoms in total. The molecule has 0 saturated carbocycles. The highest BCUT2D eigenvalue weighted by molar-refractivity contribution is 7.61. The van der Waals surface area contributed by atoms with E-state index in [0.29, 0.717) is 45.3 Å². The maximum absolute atomic E-state index is 12.8. The number of fused-ring (bicyclic) bond motifs is 1. The Morgan fingerprint density at radius 3 is 2.25 bits per heavy atom. The van der Waals surface area contributed by atoms with Crippen LogP contribution in [0.15, 0.2) is 17.3 Å². The lowest BCUT2D eigenvalue weighted by molar-refractivity contribution is -0.273. The van der Waals surface area contributed by atoms with Crippen LogP contribution in [0.4, 0.5) is 5.95 Å². The number of ether oxygens (including phenoxy) is 6. The lowest BCUT2D eigenvalue weighted by Gasteiger charge is -2.40. The molecule has 7 unspecified atom stereocenters. The fourth-order valence-corrected chi connectivity index (χ4v) is 7.91. The van der Waals surface area contributed by atoms with E-state index in [0.717, 1.165) is 17.3 Å². The maximum atomic E-state index is 12.8. The van der Waals surface area contributed by atoms with E-state index in [2.05, 4.69) is 34.9 Å². The van der Waals surface area contributed by atoms with Gasteiger partial charge in [0.15, 0.2) is 23.7 Å². The molecule has 0 bridgehead atoms. The normalized spacial score (nSPS) is 27.6. The monoisotopic (exact) mass is 917 g/mol. The lowest BCUT2D eigenvalue weighted by Crippen LogP contribution is -2.60. The third-order valence-electron chi connectivity index (χ3n) is 8.68. The summed E-state index contributed by atoms with van der Waals surface area (Å²) >= 11 is 0. The Morgan fingerprint density at radius 1 is 0.902 bits per heavy atom. The highest BCUT2D eigenvalue weighted by Gasteiger charge is 2.50. The number of nitrogens with one attached hydrogen (secondary N) is 2. The van der Waals surface area contributed by atoms with Crippen LogP contribution in [0.5, 0.6) is 0 Å². The summed E-state index contributed by atoms with van der Waals surface area (Å²) in [7, 11) is -11.3. The van der Waals surface area contributed by atoms with Crippen LogP contribution in [0.1, 0.15) is 25.3 Å². The van der Waals surface area contributed by atoms with Gasteiger partial charge in [0.25, 0.3) is 5.56 Å². The first-order chi connectivity index (χ1) is 29.0. The SMILES string of the molecule is CCCOCCOCCOCCOCc1cn(CC(=O)NCC2O[C@H](OP(=O)(O)OP(=O)(O)OC[C@H]3O[C@@H](n4cnc5c(=O)[nH]c(N)nc54)C(O)C3O)C(O)C(O)[C@@H]2O)nn1. The van der Waals surface area contributed by atoms with Crippen molar-refractivity contribution in [2.24, 2.45) is 0 Å². The molecule has 11 atom stereocenters. The van der Waals surface area contributed by atoms with Gasteiger partial charge in [-0.1, -0.05) is 12.1 Å². The van der Waals surface area contributed by atoms with E-state index in [1.165, 1.54) is 10.9 Å². The summed E-state index contributed by atoms with van der Waals surface area (Å²) in [6, 6.07) is 0. The summed E-state index contributed by atoms with van der Waals surface area (Å²) in [5, 5.41) is 62.4. The second kappa shape index (κ2) is 22.3. The Bertz CT molecular complexity index is 2020. The van der Waals surface area contributed by atoms with Crippen LogP contribution in [0.25, 0.3) is 11.2 Å². The number of hydrogen-bond acceptors (Lipinski definition) is 23. The van der Waals surface area contributed by atoms with Crippen LogP contribution < -0.4 is 16.6 Å². The lowest BCUT2D eigenvalue weighted by atomic mass is 9.99. The van der Waals surface area contributed by atoms with E-state index in [-0.39, 0.29) is 36.9 Å². The van der Waals surface area contributed by atoms with Gasteiger partial charge in [-0.05, 0) is 6.42 Å². The van der Waals surface area contributed by atoms with Crippen LogP contribution in [0, 0.1) is 0 Å². The van der Waals surface area contributed by atoms with Crippen molar-refractivity contribution in [3.63, 3.8) is 0 Å². The predicted octanol–water partition coefficient (Wildman–Crippen LogP) is -4.24. The quantitative estimate of drug-likeness (QED) is 0.0284. The van der Waals surface area contributed by atoms with Gasteiger partial charge >= 0.3 is 15.6 Å². The number of rotatable bonds is 25. The second-order valence-electron chi connectivity index (χ2n) is 13.4. The molecule has 0 radical (unpaired) electrons. The second-order valence-corrected chi connectivity index (χ2v) is 16.4. The number of nitrogen functional groups attached to an aromatic ring is 1. The minimum absolute atomic E-state index is 0.0726. The summed E-state index contributed by atoms with van der Waals surface area (Å²) in [6.45, 7) is 3.20. The van der Waals surface area contributed by atoms with Crippen LogP contribution in [-0.4, -0.2) is 184 Å². The molecular weight excluding hydrogens is 868 g/mol. The van der Waals surface area contributed by atoms with E-state index in [4.69, 9.17) is 43.2 Å². The number of aliphatic hydroxyl groups is 5. The molecule has 3 aromatic heterocycles. The van der Waals surface area contributed by atoms with E-state index in [1.54, 1.807) is 0 Å². The average Bonchev–Trinajstić information content (AvgIpc) is 3.90. The van der Waals surface area contributed by atoms with Crippen molar-refractivity contribution in [1.82, 2.24) is 39.8 Å². The zero-order valence-electron chi connectivity index (χ0n) is 32.4. The first kappa shape index (κ1) is 48.6. The van der Waals surface area contributed by atoms with Crippen molar-refractivity contribution in [2.45, 2.75) is 81.7 Å². The molecule has 3 aromatic rings. The number of phosphoric ester groups is 2. The molecule has 1 amide bonds. The molecule has 2 saturated heterocycles. The minimum Gasteiger partial charge on any atom is -0.388 e. The Morgan fingerprint density at radius 2 is 1.56 bits per heavy atom. The molecule has 0 aromatic carbocycles. The number of nitrogens with two attached hydrogens (primary N) is 1. The number of carbonyl (C=O) groups excluding carboxylic acids is 1. The van der Waals surface area contributed by atoms with Crippen molar-refractivity contribution < 1.29 is 91.0 Å². The maximum Gasteiger partial charge on any atom is 0.483 e. The number of aliphatic hydroxyl groups excluding tert-OH is 5. The number of H-pyrrole nitrogens is 1. The van der Waals surface area contributed by atoms with Crippen molar-refractivity contribution in [3.8, 4) is 0 Å².